The van der Waals surface area contributed by atoms with Crippen LogP contribution in [0.2, 0.25) is 0 Å². The van der Waals surface area contributed by atoms with E-state index in [0.29, 0.717) is 6.07 Å². The van der Waals surface area contributed by atoms with Crippen molar-refractivity contribution in [1.82, 2.24) is 0 Å². The van der Waals surface area contributed by atoms with E-state index in [-0.39, 0.29) is 25.2 Å². The highest BCUT2D eigenvalue weighted by molar-refractivity contribution is 7.90. The Balaban J connectivity index is 2.50. The van der Waals surface area contributed by atoms with Gasteiger partial charge in [0.05, 0.1) is 15.9 Å². The molecule has 1 atom stereocenters. The molecule has 0 spiro atoms. The fourth-order valence-corrected chi connectivity index (χ4v) is 3.24. The van der Waals surface area contributed by atoms with Gasteiger partial charge in [0, 0.05) is 25.0 Å². The topological polar surface area (TPSA) is 74.7 Å². The van der Waals surface area contributed by atoms with Gasteiger partial charge in [0.25, 0.3) is 0 Å². The van der Waals surface area contributed by atoms with E-state index >= 15 is 0 Å². The summed E-state index contributed by atoms with van der Waals surface area (Å²) in [5, 5.41) is 9.19. The van der Waals surface area contributed by atoms with E-state index in [1.54, 1.807) is 0 Å². The van der Waals surface area contributed by atoms with Crippen molar-refractivity contribution >= 4 is 21.5 Å². The van der Waals surface area contributed by atoms with Gasteiger partial charge in [0.2, 0.25) is 0 Å². The predicted molar refractivity (Wildman–Crippen MR) is 77.1 cm³/mol. The Hall–Kier alpha value is -1.77. The first-order valence-corrected chi connectivity index (χ1v) is 8.63. The minimum atomic E-state index is -4.74. The van der Waals surface area contributed by atoms with Crippen molar-refractivity contribution < 1.29 is 31.5 Å². The van der Waals surface area contributed by atoms with Gasteiger partial charge in [0.15, 0.2) is 9.84 Å². The lowest BCUT2D eigenvalue weighted by Crippen LogP contribution is -2.32. The van der Waals surface area contributed by atoms with E-state index in [9.17, 15) is 31.5 Å². The molecule has 1 heterocycles. The molecule has 128 valence electrons. The summed E-state index contributed by atoms with van der Waals surface area (Å²) < 4.78 is 62.8. The maximum atomic E-state index is 13.3. The molecule has 0 bridgehead atoms. The molecule has 9 heteroatoms. The number of rotatable bonds is 3. The van der Waals surface area contributed by atoms with Crippen molar-refractivity contribution in [3.63, 3.8) is 0 Å². The lowest BCUT2D eigenvalue weighted by atomic mass is 9.90. The number of carbonyl (C=O) groups is 1. The minimum absolute atomic E-state index is 0.0658. The molecule has 1 saturated heterocycles. The van der Waals surface area contributed by atoms with Gasteiger partial charge in [-0.3, -0.25) is 4.79 Å². The number of carboxylic acids is 1. The van der Waals surface area contributed by atoms with Gasteiger partial charge >= 0.3 is 12.1 Å². The van der Waals surface area contributed by atoms with Gasteiger partial charge in [0.1, 0.15) is 0 Å². The van der Waals surface area contributed by atoms with Crippen LogP contribution in [0.4, 0.5) is 18.9 Å². The van der Waals surface area contributed by atoms with Gasteiger partial charge < -0.3 is 10.0 Å². The van der Waals surface area contributed by atoms with E-state index in [4.69, 9.17) is 0 Å². The molecule has 1 aromatic rings. The second kappa shape index (κ2) is 5.40. The molecule has 23 heavy (non-hydrogen) atoms. The van der Waals surface area contributed by atoms with Crippen LogP contribution < -0.4 is 4.90 Å². The van der Waals surface area contributed by atoms with Crippen LogP contribution in [0, 0.1) is 5.41 Å². The molecule has 0 amide bonds. The maximum absolute atomic E-state index is 13.3. The highest BCUT2D eigenvalue weighted by Crippen LogP contribution is 2.41. The first kappa shape index (κ1) is 17.6. The molecule has 2 rings (SSSR count). The Labute approximate surface area is 131 Å². The van der Waals surface area contributed by atoms with Crippen molar-refractivity contribution in [2.75, 3.05) is 24.2 Å². The molecular formula is C14H16F3NO4S. The first-order valence-electron chi connectivity index (χ1n) is 6.74. The third-order valence-electron chi connectivity index (χ3n) is 4.03. The Morgan fingerprint density at radius 3 is 2.39 bits per heavy atom. The molecule has 1 aliphatic heterocycles. The zero-order valence-corrected chi connectivity index (χ0v) is 13.3. The fraction of sp³-hybridized carbons (Fsp3) is 0.500. The summed E-state index contributed by atoms with van der Waals surface area (Å²) in [6.45, 7) is 1.57. The number of hydrogen-bond acceptors (Lipinski definition) is 4. The van der Waals surface area contributed by atoms with Crippen molar-refractivity contribution in [3.05, 3.63) is 23.8 Å². The van der Waals surface area contributed by atoms with Crippen LogP contribution in [-0.4, -0.2) is 38.8 Å². The largest absolute Gasteiger partial charge is 0.481 e. The summed E-state index contributed by atoms with van der Waals surface area (Å²) in [6.07, 6.45) is -3.69. The quantitative estimate of drug-likeness (QED) is 0.905. The van der Waals surface area contributed by atoms with Crippen molar-refractivity contribution in [2.24, 2.45) is 5.41 Å². The minimum Gasteiger partial charge on any atom is -0.481 e. The summed E-state index contributed by atoms with van der Waals surface area (Å²) in [6, 6.07) is 2.80. The third-order valence-corrected chi connectivity index (χ3v) is 5.14. The summed E-state index contributed by atoms with van der Waals surface area (Å²) in [5.74, 6) is -1.07. The average Bonchev–Trinajstić information content (AvgIpc) is 2.80. The fourth-order valence-electron chi connectivity index (χ4n) is 2.59. The highest BCUT2D eigenvalue weighted by Gasteiger charge is 2.43. The molecule has 0 saturated carbocycles. The Kier molecular flexibility index (Phi) is 4.13. The van der Waals surface area contributed by atoms with E-state index < -0.39 is 37.9 Å². The smallest absolute Gasteiger partial charge is 0.418 e. The number of halogens is 3. The van der Waals surface area contributed by atoms with Crippen LogP contribution in [0.5, 0.6) is 0 Å². The molecule has 0 aliphatic carbocycles. The molecule has 1 aliphatic rings. The second-order valence-electron chi connectivity index (χ2n) is 5.99. The zero-order chi connectivity index (χ0) is 17.6. The van der Waals surface area contributed by atoms with E-state index in [0.717, 1.165) is 18.4 Å². The molecular weight excluding hydrogens is 335 g/mol. The number of carboxylic acid groups (broad SMARTS) is 1. The number of sulfone groups is 1. The van der Waals surface area contributed by atoms with Gasteiger partial charge in [-0.25, -0.2) is 8.42 Å². The van der Waals surface area contributed by atoms with Gasteiger partial charge in [-0.15, -0.1) is 0 Å². The average molecular weight is 351 g/mol. The van der Waals surface area contributed by atoms with Gasteiger partial charge in [-0.2, -0.15) is 13.2 Å². The summed E-state index contributed by atoms with van der Waals surface area (Å²) >= 11 is 0. The van der Waals surface area contributed by atoms with E-state index in [1.807, 2.05) is 0 Å². The highest BCUT2D eigenvalue weighted by atomic mass is 32.2. The van der Waals surface area contributed by atoms with E-state index in [2.05, 4.69) is 0 Å². The predicted octanol–water partition coefficient (Wildman–Crippen LogP) is 2.41. The van der Waals surface area contributed by atoms with Crippen LogP contribution in [-0.2, 0) is 20.8 Å². The van der Waals surface area contributed by atoms with Crippen molar-refractivity contribution in [3.8, 4) is 0 Å². The number of aliphatic carboxylic acids is 1. The maximum Gasteiger partial charge on any atom is 0.418 e. The number of anilines is 1. The van der Waals surface area contributed by atoms with Crippen LogP contribution in [0.25, 0.3) is 0 Å². The lowest BCUT2D eigenvalue weighted by molar-refractivity contribution is -0.146. The van der Waals surface area contributed by atoms with Crippen LogP contribution in [0.3, 0.4) is 0 Å². The number of benzene rings is 1. The van der Waals surface area contributed by atoms with Crippen molar-refractivity contribution in [1.29, 1.82) is 0 Å². The number of alkyl halides is 3. The lowest BCUT2D eigenvalue weighted by Gasteiger charge is -2.25. The summed E-state index contributed by atoms with van der Waals surface area (Å²) in [5.41, 5.74) is -2.40. The van der Waals surface area contributed by atoms with E-state index in [1.165, 1.54) is 11.8 Å². The Bertz CT molecular complexity index is 745. The standard InChI is InChI=1S/C14H16F3NO4S/c1-13(12(19)20)5-6-18(8-13)11-4-3-9(23(2,21)22)7-10(11)14(15,16)17/h3-4,7H,5-6,8H2,1-2H3,(H,19,20). The van der Waals surface area contributed by atoms with Crippen LogP contribution in [0.1, 0.15) is 18.9 Å². The number of hydrogen-bond donors (Lipinski definition) is 1. The molecule has 0 radical (unpaired) electrons. The second-order valence-corrected chi connectivity index (χ2v) is 8.00. The first-order chi connectivity index (χ1) is 10.3. The summed E-state index contributed by atoms with van der Waals surface area (Å²) in [7, 11) is -3.77. The SMILES string of the molecule is CC1(C(=O)O)CCN(c2ccc(S(C)(=O)=O)cc2C(F)(F)F)C1. The Morgan fingerprint density at radius 2 is 1.96 bits per heavy atom. The van der Waals surface area contributed by atoms with Crippen LogP contribution >= 0.6 is 0 Å². The monoisotopic (exact) mass is 351 g/mol. The van der Waals surface area contributed by atoms with Crippen LogP contribution in [0.15, 0.2) is 23.1 Å². The molecule has 0 aromatic heterocycles. The Morgan fingerprint density at radius 1 is 1.35 bits per heavy atom. The molecule has 5 nitrogen and oxygen atoms in total. The zero-order valence-electron chi connectivity index (χ0n) is 12.5. The van der Waals surface area contributed by atoms with Gasteiger partial charge in [-0.1, -0.05) is 0 Å². The molecule has 1 fully saturated rings. The molecule has 1 N–H and O–H groups in total. The number of nitrogens with zero attached hydrogens (tertiary/aromatic N) is 1. The molecule has 1 aromatic carbocycles. The van der Waals surface area contributed by atoms with Crippen molar-refractivity contribution in [2.45, 2.75) is 24.4 Å². The normalized spacial score (nSPS) is 22.4. The molecule has 1 unspecified atom stereocenters. The third kappa shape index (κ3) is 3.44. The van der Waals surface area contributed by atoms with Gasteiger partial charge in [-0.05, 0) is 31.5 Å². The summed E-state index contributed by atoms with van der Waals surface area (Å²) in [4.78, 5) is 12.2.